The highest BCUT2D eigenvalue weighted by Crippen LogP contribution is 2.28. The van der Waals surface area contributed by atoms with Gasteiger partial charge >= 0.3 is 0 Å². The second-order valence-corrected chi connectivity index (χ2v) is 6.77. The summed E-state index contributed by atoms with van der Waals surface area (Å²) in [5, 5.41) is 6.30. The molecule has 1 saturated carbocycles. The van der Waals surface area contributed by atoms with Gasteiger partial charge in [0, 0.05) is 22.2 Å². The average Bonchev–Trinajstić information content (AvgIpc) is 3.15. The SMILES string of the molecule is COc1ccc(Cl)cc1NC(=O)c1cccc(C(=O)NC2CCCC2)c1. The number of anilines is 1. The van der Waals surface area contributed by atoms with E-state index in [0.29, 0.717) is 27.6 Å². The highest BCUT2D eigenvalue weighted by molar-refractivity contribution is 6.31. The fraction of sp³-hybridized carbons (Fsp3) is 0.300. The quantitative estimate of drug-likeness (QED) is 0.823. The molecule has 2 aromatic rings. The zero-order valence-electron chi connectivity index (χ0n) is 14.5. The third-order valence-electron chi connectivity index (χ3n) is 4.49. The minimum Gasteiger partial charge on any atom is -0.495 e. The van der Waals surface area contributed by atoms with Crippen molar-refractivity contribution in [3.63, 3.8) is 0 Å². The van der Waals surface area contributed by atoms with Crippen LogP contribution in [0.4, 0.5) is 5.69 Å². The van der Waals surface area contributed by atoms with Crippen LogP contribution in [0.2, 0.25) is 5.02 Å². The number of rotatable bonds is 5. The van der Waals surface area contributed by atoms with Crippen molar-refractivity contribution in [2.24, 2.45) is 0 Å². The van der Waals surface area contributed by atoms with E-state index in [1.807, 2.05) is 0 Å². The van der Waals surface area contributed by atoms with Crippen molar-refractivity contribution >= 4 is 29.1 Å². The normalized spacial score (nSPS) is 14.1. The molecular weight excluding hydrogens is 352 g/mol. The summed E-state index contributed by atoms with van der Waals surface area (Å²) in [6.07, 6.45) is 4.32. The van der Waals surface area contributed by atoms with Crippen molar-refractivity contribution in [2.75, 3.05) is 12.4 Å². The summed E-state index contributed by atoms with van der Waals surface area (Å²) in [6.45, 7) is 0. The number of ether oxygens (including phenoxy) is 1. The Bertz CT molecular complexity index is 816. The number of carbonyl (C=O) groups excluding carboxylic acids is 2. The fourth-order valence-electron chi connectivity index (χ4n) is 3.11. The fourth-order valence-corrected chi connectivity index (χ4v) is 3.29. The third-order valence-corrected chi connectivity index (χ3v) is 4.72. The number of benzene rings is 2. The zero-order valence-corrected chi connectivity index (χ0v) is 15.3. The molecule has 0 aromatic heterocycles. The minimum atomic E-state index is -0.332. The molecule has 2 N–H and O–H groups in total. The van der Waals surface area contributed by atoms with Gasteiger partial charge in [0.05, 0.1) is 12.8 Å². The lowest BCUT2D eigenvalue weighted by Crippen LogP contribution is -2.32. The molecule has 136 valence electrons. The van der Waals surface area contributed by atoms with Crippen molar-refractivity contribution in [2.45, 2.75) is 31.7 Å². The van der Waals surface area contributed by atoms with E-state index in [9.17, 15) is 9.59 Å². The van der Waals surface area contributed by atoms with Crippen molar-refractivity contribution in [1.29, 1.82) is 0 Å². The van der Waals surface area contributed by atoms with Gasteiger partial charge in [-0.1, -0.05) is 30.5 Å². The van der Waals surface area contributed by atoms with Gasteiger partial charge in [-0.15, -0.1) is 0 Å². The van der Waals surface area contributed by atoms with Gasteiger partial charge in [-0.05, 0) is 49.2 Å². The van der Waals surface area contributed by atoms with Crippen molar-refractivity contribution in [3.8, 4) is 5.75 Å². The molecule has 1 aliphatic carbocycles. The van der Waals surface area contributed by atoms with Crippen LogP contribution in [-0.2, 0) is 0 Å². The molecule has 0 bridgehead atoms. The summed E-state index contributed by atoms with van der Waals surface area (Å²) in [5.41, 5.74) is 1.35. The third kappa shape index (κ3) is 4.35. The highest BCUT2D eigenvalue weighted by atomic mass is 35.5. The summed E-state index contributed by atoms with van der Waals surface area (Å²) in [7, 11) is 1.52. The smallest absolute Gasteiger partial charge is 0.255 e. The van der Waals surface area contributed by atoms with Crippen LogP contribution in [0.5, 0.6) is 5.75 Å². The number of halogens is 1. The molecule has 2 aromatic carbocycles. The first-order chi connectivity index (χ1) is 12.6. The van der Waals surface area contributed by atoms with Gasteiger partial charge in [0.15, 0.2) is 0 Å². The Hall–Kier alpha value is -2.53. The molecule has 1 aliphatic rings. The molecule has 3 rings (SSSR count). The lowest BCUT2D eigenvalue weighted by atomic mass is 10.1. The molecule has 5 nitrogen and oxygen atoms in total. The van der Waals surface area contributed by atoms with Crippen molar-refractivity contribution < 1.29 is 14.3 Å². The lowest BCUT2D eigenvalue weighted by Gasteiger charge is -2.13. The van der Waals surface area contributed by atoms with E-state index in [1.165, 1.54) is 7.11 Å². The summed E-state index contributed by atoms with van der Waals surface area (Å²) < 4.78 is 5.24. The predicted octanol–water partition coefficient (Wildman–Crippen LogP) is 4.27. The van der Waals surface area contributed by atoms with Crippen LogP contribution < -0.4 is 15.4 Å². The Labute approximate surface area is 157 Å². The van der Waals surface area contributed by atoms with Crippen LogP contribution in [0.3, 0.4) is 0 Å². The topological polar surface area (TPSA) is 67.4 Å². The molecule has 0 saturated heterocycles. The monoisotopic (exact) mass is 372 g/mol. The van der Waals surface area contributed by atoms with Gasteiger partial charge in [-0.2, -0.15) is 0 Å². The van der Waals surface area contributed by atoms with Crippen LogP contribution in [0, 0.1) is 0 Å². The second-order valence-electron chi connectivity index (χ2n) is 6.33. The van der Waals surface area contributed by atoms with E-state index in [1.54, 1.807) is 42.5 Å². The molecule has 0 aliphatic heterocycles. The average molecular weight is 373 g/mol. The van der Waals surface area contributed by atoms with E-state index in [2.05, 4.69) is 10.6 Å². The van der Waals surface area contributed by atoms with Gasteiger partial charge in [-0.3, -0.25) is 9.59 Å². The lowest BCUT2D eigenvalue weighted by molar-refractivity contribution is 0.0938. The van der Waals surface area contributed by atoms with E-state index in [4.69, 9.17) is 16.3 Å². The number of carbonyl (C=O) groups is 2. The van der Waals surface area contributed by atoms with Gasteiger partial charge in [-0.25, -0.2) is 0 Å². The zero-order chi connectivity index (χ0) is 18.5. The molecule has 6 heteroatoms. The van der Waals surface area contributed by atoms with Crippen LogP contribution in [0.15, 0.2) is 42.5 Å². The summed E-state index contributed by atoms with van der Waals surface area (Å²) >= 11 is 5.99. The molecule has 0 atom stereocenters. The van der Waals surface area contributed by atoms with Gasteiger partial charge in [0.25, 0.3) is 11.8 Å². The van der Waals surface area contributed by atoms with E-state index in [0.717, 1.165) is 25.7 Å². The molecule has 26 heavy (non-hydrogen) atoms. The van der Waals surface area contributed by atoms with Crippen LogP contribution in [0.25, 0.3) is 0 Å². The summed E-state index contributed by atoms with van der Waals surface area (Å²) in [6, 6.07) is 11.9. The van der Waals surface area contributed by atoms with Gasteiger partial charge in [0.2, 0.25) is 0 Å². The van der Waals surface area contributed by atoms with E-state index < -0.39 is 0 Å². The van der Waals surface area contributed by atoms with Crippen LogP contribution in [-0.4, -0.2) is 25.0 Å². The van der Waals surface area contributed by atoms with Gasteiger partial charge < -0.3 is 15.4 Å². The first kappa shape index (κ1) is 18.3. The van der Waals surface area contributed by atoms with Gasteiger partial charge in [0.1, 0.15) is 5.75 Å². The van der Waals surface area contributed by atoms with Crippen molar-refractivity contribution in [1.82, 2.24) is 5.32 Å². The number of amides is 2. The Morgan fingerprint density at radius 1 is 1.04 bits per heavy atom. The number of hydrogen-bond acceptors (Lipinski definition) is 3. The number of methoxy groups -OCH3 is 1. The maximum absolute atomic E-state index is 12.6. The van der Waals surface area contributed by atoms with Crippen LogP contribution in [0.1, 0.15) is 46.4 Å². The number of nitrogens with one attached hydrogen (secondary N) is 2. The molecule has 1 fully saturated rings. The predicted molar refractivity (Wildman–Crippen MR) is 102 cm³/mol. The largest absolute Gasteiger partial charge is 0.495 e. The first-order valence-corrected chi connectivity index (χ1v) is 9.00. The first-order valence-electron chi connectivity index (χ1n) is 8.62. The second kappa shape index (κ2) is 8.23. The molecular formula is C20H21ClN2O3. The Balaban J connectivity index is 1.74. The highest BCUT2D eigenvalue weighted by Gasteiger charge is 2.19. The standard InChI is InChI=1S/C20H21ClN2O3/c1-26-18-10-9-15(21)12-17(18)23-20(25)14-6-4-5-13(11-14)19(24)22-16-7-2-3-8-16/h4-6,9-12,16H,2-3,7-8H2,1H3,(H,22,24)(H,23,25). The Kier molecular flexibility index (Phi) is 5.78. The van der Waals surface area contributed by atoms with Crippen LogP contribution >= 0.6 is 11.6 Å². The Morgan fingerprint density at radius 3 is 2.42 bits per heavy atom. The summed E-state index contributed by atoms with van der Waals surface area (Å²) in [5.74, 6) is 0.0332. The minimum absolute atomic E-state index is 0.146. The van der Waals surface area contributed by atoms with Crippen molar-refractivity contribution in [3.05, 3.63) is 58.6 Å². The number of hydrogen-bond donors (Lipinski definition) is 2. The maximum Gasteiger partial charge on any atom is 0.255 e. The molecule has 0 radical (unpaired) electrons. The summed E-state index contributed by atoms with van der Waals surface area (Å²) in [4.78, 5) is 25.0. The Morgan fingerprint density at radius 2 is 1.73 bits per heavy atom. The molecule has 0 spiro atoms. The van der Waals surface area contributed by atoms with E-state index >= 15 is 0 Å². The molecule has 0 unspecified atom stereocenters. The van der Waals surface area contributed by atoms with E-state index in [-0.39, 0.29) is 17.9 Å². The molecule has 0 heterocycles. The molecule has 2 amide bonds. The maximum atomic E-state index is 12.6.